The molecule has 0 N–H and O–H groups in total. The van der Waals surface area contributed by atoms with E-state index in [1.54, 1.807) is 0 Å². The lowest BCUT2D eigenvalue weighted by Crippen LogP contribution is -2.56. The predicted molar refractivity (Wildman–Crippen MR) is 60.2 cm³/mol. The SMILES string of the molecule is CCCCCC1(S)N=NC12N=NC2=C1N=N1. The topological polar surface area (TPSA) is 74.2 Å². The largest absolute Gasteiger partial charge is 0.273 e. The molecule has 3 rings (SSSR count). The quantitative estimate of drug-likeness (QED) is 0.573. The molecule has 16 heavy (non-hydrogen) atoms. The Bertz CT molecular complexity index is 445. The van der Waals surface area contributed by atoms with E-state index in [-0.39, 0.29) is 0 Å². The van der Waals surface area contributed by atoms with E-state index in [9.17, 15) is 0 Å². The molecule has 0 aromatic carbocycles. The van der Waals surface area contributed by atoms with Gasteiger partial charge in [0.2, 0.25) is 5.82 Å². The Labute approximate surface area is 98.4 Å². The van der Waals surface area contributed by atoms with Gasteiger partial charge in [0.25, 0.3) is 5.66 Å². The lowest BCUT2D eigenvalue weighted by atomic mass is 9.88. The maximum Gasteiger partial charge on any atom is 0.273 e. The van der Waals surface area contributed by atoms with E-state index in [1.165, 1.54) is 12.8 Å². The zero-order valence-electron chi connectivity index (χ0n) is 8.96. The smallest absolute Gasteiger partial charge is 0.168 e. The van der Waals surface area contributed by atoms with Crippen LogP contribution in [0.5, 0.6) is 0 Å². The van der Waals surface area contributed by atoms with Gasteiger partial charge in [-0.25, -0.2) is 0 Å². The van der Waals surface area contributed by atoms with Crippen molar-refractivity contribution in [2.45, 2.75) is 43.1 Å². The van der Waals surface area contributed by atoms with Gasteiger partial charge in [0.05, 0.1) is 0 Å². The average molecular weight is 236 g/mol. The van der Waals surface area contributed by atoms with Gasteiger partial charge in [0, 0.05) is 0 Å². The summed E-state index contributed by atoms with van der Waals surface area (Å²) in [7, 11) is 0. The molecule has 0 aromatic rings. The average Bonchev–Trinajstić information content (AvgIpc) is 2.99. The van der Waals surface area contributed by atoms with Crippen LogP contribution in [0.2, 0.25) is 0 Å². The molecule has 0 bridgehead atoms. The molecule has 3 aliphatic rings. The van der Waals surface area contributed by atoms with Crippen molar-refractivity contribution in [3.8, 4) is 0 Å². The van der Waals surface area contributed by atoms with Crippen LogP contribution in [-0.2, 0) is 0 Å². The van der Waals surface area contributed by atoms with Crippen LogP contribution >= 0.6 is 12.6 Å². The maximum absolute atomic E-state index is 4.61. The van der Waals surface area contributed by atoms with E-state index in [0.717, 1.165) is 18.5 Å². The molecule has 2 unspecified atom stereocenters. The molecule has 3 heterocycles. The first kappa shape index (κ1) is 10.1. The fraction of sp³-hybridized carbons (Fsp3) is 0.778. The summed E-state index contributed by atoms with van der Waals surface area (Å²) in [4.78, 5) is -0.528. The second-order valence-electron chi connectivity index (χ2n) is 4.22. The standard InChI is InChI=1S/C9H12N6S/c1-2-3-4-5-8(16)9(15-13-8)6(10-14-9)7-11-12-7/h16H,2-5H2,1H3. The molecule has 0 aromatic heterocycles. The van der Waals surface area contributed by atoms with E-state index in [1.807, 2.05) is 0 Å². The van der Waals surface area contributed by atoms with Crippen molar-refractivity contribution >= 4 is 12.6 Å². The summed E-state index contributed by atoms with van der Waals surface area (Å²) in [5, 5.41) is 23.8. The number of rotatable bonds is 4. The van der Waals surface area contributed by atoms with E-state index in [0.29, 0.717) is 5.82 Å². The van der Waals surface area contributed by atoms with Crippen molar-refractivity contribution in [1.82, 2.24) is 0 Å². The van der Waals surface area contributed by atoms with Crippen molar-refractivity contribution in [3.05, 3.63) is 11.5 Å². The van der Waals surface area contributed by atoms with Gasteiger partial charge in [-0.2, -0.15) is 5.11 Å². The van der Waals surface area contributed by atoms with Gasteiger partial charge in [-0.15, -0.1) is 38.2 Å². The summed E-state index contributed by atoms with van der Waals surface area (Å²) in [6.07, 6.45) is 4.29. The lowest BCUT2D eigenvalue weighted by Gasteiger charge is -2.46. The van der Waals surface area contributed by atoms with Crippen molar-refractivity contribution in [2.75, 3.05) is 0 Å². The normalized spacial score (nSPS) is 37.9. The Morgan fingerprint density at radius 1 is 1.06 bits per heavy atom. The molecule has 3 aliphatic heterocycles. The minimum absolute atomic E-state index is 0.528. The van der Waals surface area contributed by atoms with E-state index in [2.05, 4.69) is 50.2 Å². The molecule has 0 aliphatic carbocycles. The van der Waals surface area contributed by atoms with Crippen LogP contribution in [0.4, 0.5) is 0 Å². The molecule has 0 fully saturated rings. The summed E-state index contributed by atoms with van der Waals surface area (Å²) in [6, 6.07) is 0. The summed E-state index contributed by atoms with van der Waals surface area (Å²) >= 11 is 4.61. The van der Waals surface area contributed by atoms with Gasteiger partial charge < -0.3 is 0 Å². The zero-order valence-corrected chi connectivity index (χ0v) is 9.85. The molecule has 2 atom stereocenters. The first-order chi connectivity index (χ1) is 7.72. The minimum atomic E-state index is -0.678. The number of thiol groups is 1. The van der Waals surface area contributed by atoms with Gasteiger partial charge in [0.15, 0.2) is 10.6 Å². The summed E-state index contributed by atoms with van der Waals surface area (Å²) in [5.74, 6) is 0.655. The predicted octanol–water partition coefficient (Wildman–Crippen LogP) is 3.46. The first-order valence-corrected chi connectivity index (χ1v) is 5.92. The third-order valence-corrected chi connectivity index (χ3v) is 3.71. The number of unbranched alkanes of at least 4 members (excludes halogenated alkanes) is 2. The summed E-state index contributed by atoms with van der Waals surface area (Å²) in [6.45, 7) is 2.17. The Morgan fingerprint density at radius 2 is 1.88 bits per heavy atom. The highest BCUT2D eigenvalue weighted by Crippen LogP contribution is 2.58. The lowest BCUT2D eigenvalue weighted by molar-refractivity contribution is 0.202. The number of hydrogen-bond donors (Lipinski definition) is 1. The minimum Gasteiger partial charge on any atom is -0.168 e. The van der Waals surface area contributed by atoms with Crippen LogP contribution in [0.15, 0.2) is 42.2 Å². The van der Waals surface area contributed by atoms with Crippen LogP contribution in [0, 0.1) is 0 Å². The number of azo groups is 2. The van der Waals surface area contributed by atoms with E-state index >= 15 is 0 Å². The zero-order chi connectivity index (χ0) is 11.2. The Morgan fingerprint density at radius 3 is 2.31 bits per heavy atom. The molecular weight excluding hydrogens is 224 g/mol. The van der Waals surface area contributed by atoms with Gasteiger partial charge in [0.1, 0.15) is 0 Å². The van der Waals surface area contributed by atoms with Gasteiger partial charge in [-0.1, -0.05) is 19.8 Å². The second kappa shape index (κ2) is 3.19. The fourth-order valence-electron chi connectivity index (χ4n) is 1.96. The van der Waals surface area contributed by atoms with Gasteiger partial charge >= 0.3 is 0 Å². The van der Waals surface area contributed by atoms with Crippen molar-refractivity contribution < 1.29 is 0 Å². The van der Waals surface area contributed by atoms with E-state index < -0.39 is 10.5 Å². The monoisotopic (exact) mass is 236 g/mol. The second-order valence-corrected chi connectivity index (χ2v) is 4.96. The number of hydrogen-bond acceptors (Lipinski definition) is 7. The Balaban J connectivity index is 1.77. The van der Waals surface area contributed by atoms with Crippen LogP contribution in [-0.4, -0.2) is 10.5 Å². The fourth-order valence-corrected chi connectivity index (χ4v) is 2.36. The van der Waals surface area contributed by atoms with Gasteiger partial charge in [-0.05, 0) is 12.8 Å². The van der Waals surface area contributed by atoms with Crippen LogP contribution in [0.25, 0.3) is 0 Å². The molecule has 7 heteroatoms. The van der Waals surface area contributed by atoms with Crippen molar-refractivity contribution in [1.29, 1.82) is 0 Å². The van der Waals surface area contributed by atoms with Crippen LogP contribution in [0.1, 0.15) is 32.6 Å². The summed E-state index contributed by atoms with van der Waals surface area (Å²) in [5.41, 5.74) is 0.0527. The highest BCUT2D eigenvalue weighted by molar-refractivity contribution is 7.82. The third-order valence-electron chi connectivity index (χ3n) is 3.08. The molecule has 0 radical (unpaired) electrons. The number of nitrogens with zero attached hydrogens (tertiary/aromatic N) is 6. The first-order valence-electron chi connectivity index (χ1n) is 5.48. The molecule has 84 valence electrons. The molecule has 0 saturated heterocycles. The van der Waals surface area contributed by atoms with E-state index in [4.69, 9.17) is 0 Å². The summed E-state index contributed by atoms with van der Waals surface area (Å²) < 4.78 is 0. The molecule has 0 amide bonds. The molecule has 6 nitrogen and oxygen atoms in total. The third kappa shape index (κ3) is 1.15. The van der Waals surface area contributed by atoms with Crippen LogP contribution < -0.4 is 0 Å². The van der Waals surface area contributed by atoms with Gasteiger partial charge in [-0.3, -0.25) is 0 Å². The maximum atomic E-state index is 4.61. The molecule has 1 spiro atoms. The van der Waals surface area contributed by atoms with Crippen molar-refractivity contribution in [3.63, 3.8) is 0 Å². The molecule has 0 saturated carbocycles. The highest BCUT2D eigenvalue weighted by Gasteiger charge is 2.66. The Hall–Kier alpha value is -1.11. The van der Waals surface area contributed by atoms with Crippen molar-refractivity contribution in [2.24, 2.45) is 30.7 Å². The highest BCUT2D eigenvalue weighted by atomic mass is 32.1. The molecular formula is C9H12N6S. The van der Waals surface area contributed by atoms with Crippen LogP contribution in [0.3, 0.4) is 0 Å². The Kier molecular flexibility index (Phi) is 2.01.